The summed E-state index contributed by atoms with van der Waals surface area (Å²) in [6.45, 7) is 7.62. The predicted octanol–water partition coefficient (Wildman–Crippen LogP) is 3.52. The summed E-state index contributed by atoms with van der Waals surface area (Å²) in [7, 11) is -3.32. The van der Waals surface area contributed by atoms with Gasteiger partial charge in [-0.3, -0.25) is 4.72 Å². The summed E-state index contributed by atoms with van der Waals surface area (Å²) in [6, 6.07) is 15.7. The maximum atomic E-state index is 11.5. The molecule has 0 aliphatic heterocycles. The summed E-state index contributed by atoms with van der Waals surface area (Å²) in [5.74, 6) is 0. The highest BCUT2D eigenvalue weighted by molar-refractivity contribution is 7.92. The first-order valence-electron chi connectivity index (χ1n) is 8.71. The molecule has 0 heterocycles. The van der Waals surface area contributed by atoms with Crippen LogP contribution in [-0.4, -0.2) is 19.8 Å². The number of benzene rings is 2. The molecule has 0 amide bonds. The Morgan fingerprint density at radius 1 is 0.963 bits per heavy atom. The average molecular weight is 406 g/mol. The zero-order chi connectivity index (χ0) is 20.1. The molecule has 2 aromatic rings. The molecule has 146 valence electrons. The second-order valence-electron chi connectivity index (χ2n) is 7.51. The molecule has 0 unspecified atom stereocenters. The monoisotopic (exact) mass is 405 g/mol. The van der Waals surface area contributed by atoms with Gasteiger partial charge in [0.2, 0.25) is 10.0 Å². The van der Waals surface area contributed by atoms with Crippen molar-refractivity contribution in [2.75, 3.05) is 11.0 Å². The van der Waals surface area contributed by atoms with Gasteiger partial charge in [-0.15, -0.1) is 0 Å². The highest BCUT2D eigenvalue weighted by atomic mass is 32.2. The topological polar surface area (TPSA) is 70.2 Å². The molecule has 0 bridgehead atoms. The maximum Gasteiger partial charge on any atom is 0.229 e. The van der Waals surface area contributed by atoms with Crippen LogP contribution in [-0.2, 0) is 28.5 Å². The number of nitrogens with one attached hydrogen (secondary N) is 3. The van der Waals surface area contributed by atoms with Crippen LogP contribution in [0, 0.1) is 0 Å². The fraction of sp³-hybridized carbons (Fsp3) is 0.350. The minimum Gasteiger partial charge on any atom is -0.359 e. The summed E-state index contributed by atoms with van der Waals surface area (Å²) < 4.78 is 25.5. The maximum absolute atomic E-state index is 11.5. The lowest BCUT2D eigenvalue weighted by molar-refractivity contribution is 0.590. The Kier molecular flexibility index (Phi) is 6.84. The van der Waals surface area contributed by atoms with Crippen LogP contribution in [0.4, 0.5) is 5.69 Å². The van der Waals surface area contributed by atoms with Gasteiger partial charge in [-0.25, -0.2) is 8.42 Å². The van der Waals surface area contributed by atoms with Crippen molar-refractivity contribution in [3.8, 4) is 0 Å². The van der Waals surface area contributed by atoms with E-state index in [2.05, 4.69) is 60.4 Å². The van der Waals surface area contributed by atoms with Crippen molar-refractivity contribution in [1.82, 2.24) is 10.6 Å². The molecule has 27 heavy (non-hydrogen) atoms. The van der Waals surface area contributed by atoms with Crippen molar-refractivity contribution in [2.45, 2.75) is 39.3 Å². The SMILES string of the molecule is CC(C)(C)c1ccc(CNC(=S)NCc2ccccc2NS(C)(=O)=O)cc1. The fourth-order valence-electron chi connectivity index (χ4n) is 2.52. The highest BCUT2D eigenvalue weighted by Crippen LogP contribution is 2.22. The third kappa shape index (κ3) is 7.19. The quantitative estimate of drug-likeness (QED) is 0.642. The van der Waals surface area contributed by atoms with Gasteiger partial charge in [-0.2, -0.15) is 0 Å². The van der Waals surface area contributed by atoms with E-state index in [9.17, 15) is 8.42 Å². The van der Waals surface area contributed by atoms with E-state index in [0.717, 1.165) is 17.4 Å². The fourth-order valence-corrected chi connectivity index (χ4v) is 3.26. The molecule has 3 N–H and O–H groups in total. The number of hydrogen-bond acceptors (Lipinski definition) is 3. The molecular weight excluding hydrogens is 378 g/mol. The molecule has 7 heteroatoms. The Morgan fingerprint density at radius 3 is 2.15 bits per heavy atom. The number of hydrogen-bond donors (Lipinski definition) is 3. The molecule has 0 aliphatic carbocycles. The molecule has 0 saturated heterocycles. The Hall–Kier alpha value is -2.12. The van der Waals surface area contributed by atoms with Gasteiger partial charge >= 0.3 is 0 Å². The summed E-state index contributed by atoms with van der Waals surface area (Å²) in [6.07, 6.45) is 1.13. The lowest BCUT2D eigenvalue weighted by atomic mass is 9.87. The van der Waals surface area contributed by atoms with E-state index in [1.54, 1.807) is 12.1 Å². The molecule has 0 radical (unpaired) electrons. The van der Waals surface area contributed by atoms with Gasteiger partial charge in [0, 0.05) is 13.1 Å². The van der Waals surface area contributed by atoms with E-state index < -0.39 is 10.0 Å². The normalized spacial score (nSPS) is 11.7. The molecule has 0 spiro atoms. The Labute approximate surface area is 167 Å². The summed E-state index contributed by atoms with van der Waals surface area (Å²) in [4.78, 5) is 0. The standard InChI is InChI=1S/C20H27N3O2S2/c1-20(2,3)17-11-9-15(10-12-17)13-21-19(26)22-14-16-7-5-6-8-18(16)23-27(4,24)25/h5-12,23H,13-14H2,1-4H3,(H2,21,22,26). The third-order valence-corrected chi connectivity index (χ3v) is 4.90. The summed E-state index contributed by atoms with van der Waals surface area (Å²) in [5, 5.41) is 6.81. The number of sulfonamides is 1. The number of anilines is 1. The smallest absolute Gasteiger partial charge is 0.229 e. The Morgan fingerprint density at radius 2 is 1.56 bits per heavy atom. The summed E-state index contributed by atoms with van der Waals surface area (Å²) >= 11 is 5.33. The molecule has 0 atom stereocenters. The van der Waals surface area contributed by atoms with E-state index in [4.69, 9.17) is 12.2 Å². The number of rotatable bonds is 6. The number of thiocarbonyl (C=S) groups is 1. The largest absolute Gasteiger partial charge is 0.359 e. The van der Waals surface area contributed by atoms with Gasteiger partial charge in [-0.05, 0) is 40.4 Å². The first kappa shape index (κ1) is 21.2. The van der Waals surface area contributed by atoms with Crippen molar-refractivity contribution in [2.24, 2.45) is 0 Å². The van der Waals surface area contributed by atoms with E-state index in [1.165, 1.54) is 5.56 Å². The van der Waals surface area contributed by atoms with Crippen LogP contribution < -0.4 is 15.4 Å². The van der Waals surface area contributed by atoms with Gasteiger partial charge in [0.25, 0.3) is 0 Å². The Bertz CT molecular complexity index is 886. The average Bonchev–Trinajstić information content (AvgIpc) is 2.57. The van der Waals surface area contributed by atoms with E-state index in [-0.39, 0.29) is 5.41 Å². The van der Waals surface area contributed by atoms with Gasteiger partial charge in [0.05, 0.1) is 11.9 Å². The van der Waals surface area contributed by atoms with Crippen LogP contribution in [0.2, 0.25) is 0 Å². The van der Waals surface area contributed by atoms with Crippen LogP contribution in [0.15, 0.2) is 48.5 Å². The van der Waals surface area contributed by atoms with Crippen molar-refractivity contribution >= 4 is 33.0 Å². The van der Waals surface area contributed by atoms with E-state index in [1.807, 2.05) is 12.1 Å². The third-order valence-electron chi connectivity index (χ3n) is 4.03. The van der Waals surface area contributed by atoms with Crippen LogP contribution in [0.3, 0.4) is 0 Å². The lowest BCUT2D eigenvalue weighted by Crippen LogP contribution is -2.34. The molecule has 0 fully saturated rings. The van der Waals surface area contributed by atoms with Crippen molar-refractivity contribution in [3.05, 3.63) is 65.2 Å². The van der Waals surface area contributed by atoms with Gasteiger partial charge in [0.1, 0.15) is 0 Å². The zero-order valence-electron chi connectivity index (χ0n) is 16.2. The van der Waals surface area contributed by atoms with Crippen LogP contribution >= 0.6 is 12.2 Å². The van der Waals surface area contributed by atoms with E-state index >= 15 is 0 Å². The van der Waals surface area contributed by atoms with Crippen molar-refractivity contribution in [1.29, 1.82) is 0 Å². The minimum atomic E-state index is -3.32. The molecule has 0 saturated carbocycles. The van der Waals surface area contributed by atoms with Gasteiger partial charge in [-0.1, -0.05) is 63.2 Å². The molecule has 2 aromatic carbocycles. The highest BCUT2D eigenvalue weighted by Gasteiger charge is 2.12. The minimum absolute atomic E-state index is 0.135. The molecule has 2 rings (SSSR count). The van der Waals surface area contributed by atoms with Crippen LogP contribution in [0.5, 0.6) is 0 Å². The zero-order valence-corrected chi connectivity index (χ0v) is 17.8. The molecular formula is C20H27N3O2S2. The van der Waals surface area contributed by atoms with Gasteiger partial charge < -0.3 is 10.6 Å². The molecule has 0 aliphatic rings. The first-order valence-corrected chi connectivity index (χ1v) is 11.0. The van der Waals surface area contributed by atoms with Crippen LogP contribution in [0.1, 0.15) is 37.5 Å². The number of para-hydroxylation sites is 1. The second-order valence-corrected chi connectivity index (χ2v) is 9.67. The molecule has 0 aromatic heterocycles. The predicted molar refractivity (Wildman–Crippen MR) is 116 cm³/mol. The molecule has 5 nitrogen and oxygen atoms in total. The second kappa shape index (κ2) is 8.71. The van der Waals surface area contributed by atoms with Crippen molar-refractivity contribution in [3.63, 3.8) is 0 Å². The Balaban J connectivity index is 1.88. The van der Waals surface area contributed by atoms with Gasteiger partial charge in [0.15, 0.2) is 5.11 Å². The van der Waals surface area contributed by atoms with Crippen molar-refractivity contribution < 1.29 is 8.42 Å². The van der Waals surface area contributed by atoms with E-state index in [0.29, 0.717) is 23.9 Å². The lowest BCUT2D eigenvalue weighted by Gasteiger charge is -2.19. The first-order chi connectivity index (χ1) is 12.5. The van der Waals surface area contributed by atoms with Crippen LogP contribution in [0.25, 0.3) is 0 Å². The summed E-state index contributed by atoms with van der Waals surface area (Å²) in [5.41, 5.74) is 3.94.